The van der Waals surface area contributed by atoms with Gasteiger partial charge < -0.3 is 10.1 Å². The molecule has 0 aliphatic carbocycles. The van der Waals surface area contributed by atoms with Crippen molar-refractivity contribution < 1.29 is 9.13 Å². The summed E-state index contributed by atoms with van der Waals surface area (Å²) >= 11 is 1.78. The van der Waals surface area contributed by atoms with Crippen LogP contribution in [0.5, 0.6) is 0 Å². The largest absolute Gasteiger partial charge is 0.379 e. The third-order valence-corrected chi connectivity index (χ3v) is 3.99. The smallest absolute Gasteiger partial charge is 0.123 e. The summed E-state index contributed by atoms with van der Waals surface area (Å²) in [5.74, 6) is -0.171. The van der Waals surface area contributed by atoms with Gasteiger partial charge >= 0.3 is 0 Å². The van der Waals surface area contributed by atoms with E-state index < -0.39 is 0 Å². The van der Waals surface area contributed by atoms with Crippen molar-refractivity contribution in [3.8, 4) is 0 Å². The predicted octanol–water partition coefficient (Wildman–Crippen LogP) is 3.20. The first-order valence-corrected chi connectivity index (χ1v) is 7.10. The molecule has 1 heterocycles. The molecule has 1 aliphatic rings. The Balaban J connectivity index is 2.07. The molecule has 1 aromatic carbocycles. The van der Waals surface area contributed by atoms with E-state index in [1.165, 1.54) is 6.07 Å². The quantitative estimate of drug-likeness (QED) is 0.907. The molecule has 0 radical (unpaired) electrons. The van der Waals surface area contributed by atoms with Crippen LogP contribution in [-0.4, -0.2) is 24.0 Å². The number of halogens is 1. The average molecular weight is 269 g/mol. The molecular weight excluding hydrogens is 249 g/mol. The second-order valence-electron chi connectivity index (χ2n) is 5.63. The fraction of sp³-hybridized carbons (Fsp3) is 0.571. The van der Waals surface area contributed by atoms with Gasteiger partial charge in [0.15, 0.2) is 0 Å². The van der Waals surface area contributed by atoms with Crippen LogP contribution in [0.2, 0.25) is 0 Å². The van der Waals surface area contributed by atoms with E-state index >= 15 is 0 Å². The lowest BCUT2D eigenvalue weighted by Crippen LogP contribution is -2.35. The zero-order chi connectivity index (χ0) is 13.2. The molecule has 2 rings (SSSR count). The Morgan fingerprint density at radius 3 is 2.67 bits per heavy atom. The van der Waals surface area contributed by atoms with Crippen molar-refractivity contribution in [1.82, 2.24) is 5.32 Å². The number of hydrogen-bond donors (Lipinski definition) is 1. The van der Waals surface area contributed by atoms with Gasteiger partial charge in [-0.25, -0.2) is 4.39 Å². The molecule has 18 heavy (non-hydrogen) atoms. The minimum atomic E-state index is -0.171. The maximum atomic E-state index is 13.3. The highest BCUT2D eigenvalue weighted by molar-refractivity contribution is 8.00. The van der Waals surface area contributed by atoms with Gasteiger partial charge in [-0.05, 0) is 44.5 Å². The fourth-order valence-corrected chi connectivity index (χ4v) is 2.74. The van der Waals surface area contributed by atoms with Crippen LogP contribution in [-0.2, 0) is 11.3 Å². The number of nitrogens with one attached hydrogen (secondary N) is 1. The molecule has 0 saturated carbocycles. The first-order valence-electron chi connectivity index (χ1n) is 6.22. The summed E-state index contributed by atoms with van der Waals surface area (Å²) in [6, 6.07) is 5.03. The first-order chi connectivity index (χ1) is 8.44. The van der Waals surface area contributed by atoms with Gasteiger partial charge in [0.25, 0.3) is 0 Å². The van der Waals surface area contributed by atoms with Gasteiger partial charge in [0.2, 0.25) is 0 Å². The number of benzene rings is 1. The maximum Gasteiger partial charge on any atom is 0.123 e. The summed E-state index contributed by atoms with van der Waals surface area (Å²) in [4.78, 5) is 1.15. The number of ether oxygens (including phenoxy) is 1. The van der Waals surface area contributed by atoms with Crippen molar-refractivity contribution in [2.24, 2.45) is 0 Å². The van der Waals surface area contributed by atoms with Crippen molar-refractivity contribution in [3.63, 3.8) is 0 Å². The number of rotatable bonds is 4. The zero-order valence-electron chi connectivity index (χ0n) is 11.1. The molecule has 1 N–H and O–H groups in total. The highest BCUT2D eigenvalue weighted by Gasteiger charge is 2.21. The van der Waals surface area contributed by atoms with Crippen LogP contribution in [0.4, 0.5) is 4.39 Å². The molecule has 1 aromatic rings. The van der Waals surface area contributed by atoms with E-state index in [1.807, 2.05) is 6.07 Å². The summed E-state index contributed by atoms with van der Waals surface area (Å²) in [6.07, 6.45) is 0. The Hall–Kier alpha value is -0.580. The van der Waals surface area contributed by atoms with Gasteiger partial charge in [0, 0.05) is 17.0 Å². The van der Waals surface area contributed by atoms with Crippen molar-refractivity contribution >= 4 is 11.8 Å². The summed E-state index contributed by atoms with van der Waals surface area (Å²) in [5.41, 5.74) is 1.07. The van der Waals surface area contributed by atoms with Crippen LogP contribution < -0.4 is 5.32 Å². The van der Waals surface area contributed by atoms with Gasteiger partial charge in [-0.1, -0.05) is 0 Å². The van der Waals surface area contributed by atoms with E-state index in [2.05, 4.69) is 26.1 Å². The average Bonchev–Trinajstić information content (AvgIpc) is 2.21. The minimum Gasteiger partial charge on any atom is -0.379 e. The Morgan fingerprint density at radius 2 is 2.11 bits per heavy atom. The molecule has 4 heteroatoms. The van der Waals surface area contributed by atoms with Crippen LogP contribution in [0.3, 0.4) is 0 Å². The molecule has 0 atom stereocenters. The lowest BCUT2D eigenvalue weighted by molar-refractivity contribution is 0.0455. The highest BCUT2D eigenvalue weighted by Crippen LogP contribution is 2.31. The summed E-state index contributed by atoms with van der Waals surface area (Å²) in [5, 5.41) is 3.92. The molecule has 1 aliphatic heterocycles. The normalized spacial score (nSPS) is 16.7. The van der Waals surface area contributed by atoms with E-state index in [4.69, 9.17) is 4.74 Å². The lowest BCUT2D eigenvalue weighted by Gasteiger charge is -2.27. The predicted molar refractivity (Wildman–Crippen MR) is 73.5 cm³/mol. The SMILES string of the molecule is CC(C)(C)NCc1cc(F)ccc1SC1COC1. The molecule has 1 fully saturated rings. The monoisotopic (exact) mass is 269 g/mol. The topological polar surface area (TPSA) is 21.3 Å². The molecule has 0 spiro atoms. The Morgan fingerprint density at radius 1 is 1.39 bits per heavy atom. The second-order valence-corrected chi connectivity index (χ2v) is 6.98. The third-order valence-electron chi connectivity index (χ3n) is 2.73. The van der Waals surface area contributed by atoms with Gasteiger partial charge in [-0.15, -0.1) is 11.8 Å². The van der Waals surface area contributed by atoms with E-state index in [1.54, 1.807) is 17.8 Å². The Kier molecular flexibility index (Phi) is 4.30. The van der Waals surface area contributed by atoms with Crippen molar-refractivity contribution in [3.05, 3.63) is 29.6 Å². The number of hydrogen-bond acceptors (Lipinski definition) is 3. The molecule has 0 amide bonds. The summed E-state index contributed by atoms with van der Waals surface area (Å²) in [6.45, 7) is 8.62. The Bertz CT molecular complexity index is 413. The van der Waals surface area contributed by atoms with Crippen LogP contribution in [0.15, 0.2) is 23.1 Å². The molecule has 100 valence electrons. The van der Waals surface area contributed by atoms with Gasteiger partial charge in [0.1, 0.15) is 5.82 Å². The maximum absolute atomic E-state index is 13.3. The van der Waals surface area contributed by atoms with Gasteiger partial charge in [0.05, 0.1) is 18.5 Å². The first kappa shape index (κ1) is 13.8. The van der Waals surface area contributed by atoms with E-state index in [-0.39, 0.29) is 11.4 Å². The third kappa shape index (κ3) is 3.97. The van der Waals surface area contributed by atoms with Crippen molar-refractivity contribution in [2.45, 2.75) is 43.0 Å². The number of thioether (sulfide) groups is 1. The standard InChI is InChI=1S/C14H20FNOS/c1-14(2,3)16-7-10-6-11(15)4-5-13(10)18-12-8-17-9-12/h4-6,12,16H,7-9H2,1-3H3. The zero-order valence-corrected chi connectivity index (χ0v) is 11.9. The minimum absolute atomic E-state index is 0.0356. The summed E-state index contributed by atoms with van der Waals surface area (Å²) < 4.78 is 18.5. The lowest BCUT2D eigenvalue weighted by atomic mass is 10.1. The van der Waals surface area contributed by atoms with E-state index in [9.17, 15) is 4.39 Å². The van der Waals surface area contributed by atoms with Gasteiger partial charge in [-0.3, -0.25) is 0 Å². The van der Waals surface area contributed by atoms with Gasteiger partial charge in [-0.2, -0.15) is 0 Å². The molecule has 0 unspecified atom stereocenters. The summed E-state index contributed by atoms with van der Waals surface area (Å²) in [7, 11) is 0. The van der Waals surface area contributed by atoms with Crippen LogP contribution in [0.25, 0.3) is 0 Å². The molecule has 0 bridgehead atoms. The molecular formula is C14H20FNOS. The van der Waals surface area contributed by atoms with Crippen molar-refractivity contribution in [2.75, 3.05) is 13.2 Å². The van der Waals surface area contributed by atoms with E-state index in [0.717, 1.165) is 23.7 Å². The highest BCUT2D eigenvalue weighted by atomic mass is 32.2. The van der Waals surface area contributed by atoms with Crippen molar-refractivity contribution in [1.29, 1.82) is 0 Å². The fourth-order valence-electron chi connectivity index (χ4n) is 1.62. The Labute approximate surface area is 112 Å². The second kappa shape index (κ2) is 5.59. The van der Waals surface area contributed by atoms with E-state index in [0.29, 0.717) is 11.8 Å². The molecule has 1 saturated heterocycles. The van der Waals surface area contributed by atoms with Crippen LogP contribution in [0.1, 0.15) is 26.3 Å². The molecule has 0 aromatic heterocycles. The van der Waals surface area contributed by atoms with Crippen LogP contribution in [0, 0.1) is 5.82 Å². The molecule has 2 nitrogen and oxygen atoms in total. The van der Waals surface area contributed by atoms with Crippen LogP contribution >= 0.6 is 11.8 Å².